The van der Waals surface area contributed by atoms with Crippen molar-refractivity contribution in [2.24, 2.45) is 5.92 Å². The molecule has 0 aromatic carbocycles. The fourth-order valence-electron chi connectivity index (χ4n) is 1.70. The number of pyridine rings is 1. The van der Waals surface area contributed by atoms with Gasteiger partial charge in [0, 0.05) is 23.3 Å². The predicted molar refractivity (Wildman–Crippen MR) is 85.3 cm³/mol. The zero-order chi connectivity index (χ0) is 15.3. The van der Waals surface area contributed by atoms with Crippen LogP contribution in [-0.4, -0.2) is 26.0 Å². The summed E-state index contributed by atoms with van der Waals surface area (Å²) < 4.78 is 28.4. The van der Waals surface area contributed by atoms with Gasteiger partial charge in [-0.3, -0.25) is 0 Å². The van der Waals surface area contributed by atoms with Crippen molar-refractivity contribution in [2.45, 2.75) is 45.1 Å². The molecule has 0 aliphatic rings. The Bertz CT molecular complexity index is 549. The van der Waals surface area contributed by atoms with E-state index in [4.69, 9.17) is 0 Å². The SMILES string of the molecule is CCNc1ncc(Br)cc1S(=O)(=O)NC(C)C(C)CC. The normalized spacial score (nSPS) is 14.8. The van der Waals surface area contributed by atoms with Gasteiger partial charge in [-0.1, -0.05) is 20.3 Å². The standard InChI is InChI=1S/C13H22BrN3O2S/c1-5-9(3)10(4)17-20(18,19)12-7-11(14)8-16-13(12)15-6-2/h7-10,17H,5-6H2,1-4H3,(H,15,16). The van der Waals surface area contributed by atoms with Crippen molar-refractivity contribution in [3.63, 3.8) is 0 Å². The second-order valence-electron chi connectivity index (χ2n) is 4.83. The molecule has 1 rings (SSSR count). The molecule has 0 spiro atoms. The van der Waals surface area contributed by atoms with Crippen LogP contribution in [0, 0.1) is 5.92 Å². The zero-order valence-electron chi connectivity index (χ0n) is 12.3. The summed E-state index contributed by atoms with van der Waals surface area (Å²) in [5.74, 6) is 0.645. The maximum atomic E-state index is 12.5. The van der Waals surface area contributed by atoms with Gasteiger partial charge >= 0.3 is 0 Å². The number of anilines is 1. The Labute approximate surface area is 129 Å². The predicted octanol–water partition coefficient (Wildman–Crippen LogP) is 2.99. The third-order valence-corrected chi connectivity index (χ3v) is 5.30. The fraction of sp³-hybridized carbons (Fsp3) is 0.615. The van der Waals surface area contributed by atoms with Gasteiger partial charge in [-0.2, -0.15) is 0 Å². The molecular formula is C13H22BrN3O2S. The van der Waals surface area contributed by atoms with E-state index in [9.17, 15) is 8.42 Å². The lowest BCUT2D eigenvalue weighted by Crippen LogP contribution is -2.37. The molecular weight excluding hydrogens is 342 g/mol. The lowest BCUT2D eigenvalue weighted by molar-refractivity contribution is 0.434. The molecule has 1 aromatic heterocycles. The highest BCUT2D eigenvalue weighted by Crippen LogP contribution is 2.23. The van der Waals surface area contributed by atoms with Crippen molar-refractivity contribution in [1.82, 2.24) is 9.71 Å². The Morgan fingerprint density at radius 3 is 2.55 bits per heavy atom. The highest BCUT2D eigenvalue weighted by atomic mass is 79.9. The number of hydrogen-bond donors (Lipinski definition) is 2. The third-order valence-electron chi connectivity index (χ3n) is 3.29. The van der Waals surface area contributed by atoms with Crippen LogP contribution < -0.4 is 10.0 Å². The van der Waals surface area contributed by atoms with Gasteiger partial charge in [0.05, 0.1) is 0 Å². The van der Waals surface area contributed by atoms with Gasteiger partial charge in [0.15, 0.2) is 0 Å². The molecule has 0 fully saturated rings. The molecule has 0 amide bonds. The van der Waals surface area contributed by atoms with E-state index in [0.29, 0.717) is 16.8 Å². The highest BCUT2D eigenvalue weighted by Gasteiger charge is 2.24. The summed E-state index contributed by atoms with van der Waals surface area (Å²) in [6.45, 7) is 8.45. The Balaban J connectivity index is 3.11. The van der Waals surface area contributed by atoms with E-state index >= 15 is 0 Å². The largest absolute Gasteiger partial charge is 0.369 e. The van der Waals surface area contributed by atoms with E-state index in [1.165, 1.54) is 0 Å². The Hall–Kier alpha value is -0.660. The first-order valence-electron chi connectivity index (χ1n) is 6.73. The van der Waals surface area contributed by atoms with Crippen molar-refractivity contribution >= 4 is 31.8 Å². The first-order chi connectivity index (χ1) is 9.31. The monoisotopic (exact) mass is 363 g/mol. The molecule has 2 unspecified atom stereocenters. The maximum absolute atomic E-state index is 12.5. The van der Waals surface area contributed by atoms with E-state index in [1.54, 1.807) is 12.3 Å². The quantitative estimate of drug-likeness (QED) is 0.780. The van der Waals surface area contributed by atoms with E-state index in [-0.39, 0.29) is 16.9 Å². The van der Waals surface area contributed by atoms with Crippen LogP contribution in [0.2, 0.25) is 0 Å². The van der Waals surface area contributed by atoms with Gasteiger partial charge in [0.2, 0.25) is 10.0 Å². The minimum Gasteiger partial charge on any atom is -0.369 e. The molecule has 1 aromatic rings. The average Bonchev–Trinajstić information content (AvgIpc) is 2.39. The second-order valence-corrected chi connectivity index (χ2v) is 7.42. The van der Waals surface area contributed by atoms with E-state index in [1.807, 2.05) is 27.7 Å². The summed E-state index contributed by atoms with van der Waals surface area (Å²) in [5, 5.41) is 2.97. The molecule has 1 heterocycles. The number of sulfonamides is 1. The molecule has 7 heteroatoms. The number of nitrogens with zero attached hydrogens (tertiary/aromatic N) is 1. The molecule has 0 saturated carbocycles. The molecule has 0 aliphatic carbocycles. The van der Waals surface area contributed by atoms with Crippen LogP contribution in [0.25, 0.3) is 0 Å². The molecule has 0 bridgehead atoms. The zero-order valence-corrected chi connectivity index (χ0v) is 14.7. The molecule has 2 N–H and O–H groups in total. The minimum atomic E-state index is -3.59. The fourth-order valence-corrected chi connectivity index (χ4v) is 3.70. The van der Waals surface area contributed by atoms with E-state index in [2.05, 4.69) is 31.0 Å². The first-order valence-corrected chi connectivity index (χ1v) is 9.01. The molecule has 2 atom stereocenters. The van der Waals surface area contributed by atoms with Gasteiger partial charge in [0.1, 0.15) is 10.7 Å². The molecule has 0 radical (unpaired) electrons. The molecule has 5 nitrogen and oxygen atoms in total. The van der Waals surface area contributed by atoms with Crippen LogP contribution in [0.15, 0.2) is 21.6 Å². The third kappa shape index (κ3) is 4.43. The number of rotatable bonds is 7. The van der Waals surface area contributed by atoms with Crippen molar-refractivity contribution in [3.05, 3.63) is 16.7 Å². The Kier molecular flexibility index (Phi) is 6.42. The maximum Gasteiger partial charge on any atom is 0.244 e. The van der Waals surface area contributed by atoms with Crippen LogP contribution in [-0.2, 0) is 10.0 Å². The first kappa shape index (κ1) is 17.4. The van der Waals surface area contributed by atoms with Crippen LogP contribution in [0.5, 0.6) is 0 Å². The lowest BCUT2D eigenvalue weighted by atomic mass is 10.0. The van der Waals surface area contributed by atoms with E-state index < -0.39 is 10.0 Å². The number of halogens is 1. The molecule has 20 heavy (non-hydrogen) atoms. The average molecular weight is 364 g/mol. The smallest absolute Gasteiger partial charge is 0.244 e. The van der Waals surface area contributed by atoms with Crippen molar-refractivity contribution < 1.29 is 8.42 Å². The minimum absolute atomic E-state index is 0.126. The molecule has 114 valence electrons. The van der Waals surface area contributed by atoms with Crippen molar-refractivity contribution in [2.75, 3.05) is 11.9 Å². The van der Waals surface area contributed by atoms with Crippen molar-refractivity contribution in [1.29, 1.82) is 0 Å². The van der Waals surface area contributed by atoms with Gasteiger partial charge in [-0.25, -0.2) is 18.1 Å². The number of nitrogens with one attached hydrogen (secondary N) is 2. The Morgan fingerprint density at radius 1 is 1.35 bits per heavy atom. The Morgan fingerprint density at radius 2 is 2.00 bits per heavy atom. The van der Waals surface area contributed by atoms with Gasteiger partial charge in [0.25, 0.3) is 0 Å². The van der Waals surface area contributed by atoms with Crippen LogP contribution in [0.1, 0.15) is 34.1 Å². The highest BCUT2D eigenvalue weighted by molar-refractivity contribution is 9.10. The summed E-state index contributed by atoms with van der Waals surface area (Å²) in [6.07, 6.45) is 2.50. The number of aromatic nitrogens is 1. The van der Waals surface area contributed by atoms with Gasteiger partial charge in [-0.05, 0) is 41.8 Å². The van der Waals surface area contributed by atoms with Gasteiger partial charge in [-0.15, -0.1) is 0 Å². The summed E-state index contributed by atoms with van der Waals surface area (Å²) in [6, 6.07) is 1.44. The second kappa shape index (κ2) is 7.38. The number of hydrogen-bond acceptors (Lipinski definition) is 4. The van der Waals surface area contributed by atoms with Crippen molar-refractivity contribution in [3.8, 4) is 0 Å². The topological polar surface area (TPSA) is 71.1 Å². The summed E-state index contributed by atoms with van der Waals surface area (Å²) in [7, 11) is -3.59. The van der Waals surface area contributed by atoms with E-state index in [0.717, 1.165) is 6.42 Å². The molecule has 0 saturated heterocycles. The lowest BCUT2D eigenvalue weighted by Gasteiger charge is -2.20. The summed E-state index contributed by atoms with van der Waals surface area (Å²) in [5.41, 5.74) is 0. The van der Waals surface area contributed by atoms with Gasteiger partial charge < -0.3 is 5.32 Å². The summed E-state index contributed by atoms with van der Waals surface area (Å²) in [4.78, 5) is 4.30. The molecule has 0 aliphatic heterocycles. The summed E-state index contributed by atoms with van der Waals surface area (Å²) >= 11 is 3.27. The van der Waals surface area contributed by atoms with Crippen LogP contribution in [0.3, 0.4) is 0 Å². The van der Waals surface area contributed by atoms with Crippen LogP contribution in [0.4, 0.5) is 5.82 Å². The van der Waals surface area contributed by atoms with Crippen LogP contribution >= 0.6 is 15.9 Å².